The van der Waals surface area contributed by atoms with Crippen molar-refractivity contribution in [3.8, 4) is 0 Å². The van der Waals surface area contributed by atoms with Gasteiger partial charge in [-0.3, -0.25) is 0 Å². The molecule has 0 bridgehead atoms. The molecule has 98 valence electrons. The van der Waals surface area contributed by atoms with Crippen LogP contribution in [-0.2, 0) is 14.4 Å². The summed E-state index contributed by atoms with van der Waals surface area (Å²) in [7, 11) is 1.36. The molecule has 0 aromatic carbocycles. The van der Waals surface area contributed by atoms with E-state index in [-0.39, 0.29) is 22.8 Å². The molecule has 0 N–H and O–H groups in total. The number of nitrogens with zero attached hydrogens (tertiary/aromatic N) is 1. The van der Waals surface area contributed by atoms with E-state index in [1.807, 2.05) is 11.1 Å². The molecule has 0 radical (unpaired) electrons. The Morgan fingerprint density at radius 1 is 1.29 bits per heavy atom. The molecule has 4 nitrogen and oxygen atoms in total. The lowest BCUT2D eigenvalue weighted by Gasteiger charge is -2.40. The fourth-order valence-electron chi connectivity index (χ4n) is 1.77. The van der Waals surface area contributed by atoms with Gasteiger partial charge in [0.2, 0.25) is 5.76 Å². The maximum atomic E-state index is 11.5. The molecule has 0 amide bonds. The maximum absolute atomic E-state index is 11.5. The van der Waals surface area contributed by atoms with Gasteiger partial charge in [-0.1, -0.05) is 20.8 Å². The SMILES string of the molecule is COC(=O)C1=CC(C(C)(C)C)N(C(C)(C)C)O1. The number of rotatable bonds is 1. The third-order valence-electron chi connectivity index (χ3n) is 2.69. The van der Waals surface area contributed by atoms with Gasteiger partial charge in [-0.15, -0.1) is 5.06 Å². The molecule has 1 heterocycles. The van der Waals surface area contributed by atoms with Gasteiger partial charge in [0.1, 0.15) is 0 Å². The lowest BCUT2D eigenvalue weighted by atomic mass is 9.85. The first-order valence-electron chi connectivity index (χ1n) is 5.85. The summed E-state index contributed by atoms with van der Waals surface area (Å²) in [5.41, 5.74) is -0.187. The standard InChI is InChI=1S/C13H23NO3/c1-12(2,3)10-8-9(11(15)16-7)17-14(10)13(4,5)6/h8,10H,1-7H3. The van der Waals surface area contributed by atoms with E-state index >= 15 is 0 Å². The highest BCUT2D eigenvalue weighted by Gasteiger charge is 2.43. The minimum atomic E-state index is -0.425. The molecule has 1 unspecified atom stereocenters. The Balaban J connectivity index is 3.03. The van der Waals surface area contributed by atoms with Crippen LogP contribution < -0.4 is 0 Å². The Morgan fingerprint density at radius 2 is 1.82 bits per heavy atom. The van der Waals surface area contributed by atoms with Crippen LogP contribution in [-0.4, -0.2) is 29.7 Å². The predicted molar refractivity (Wildman–Crippen MR) is 66.0 cm³/mol. The van der Waals surface area contributed by atoms with Crippen LogP contribution in [0.25, 0.3) is 0 Å². The van der Waals surface area contributed by atoms with Crippen molar-refractivity contribution in [3.05, 3.63) is 11.8 Å². The zero-order chi connectivity index (χ0) is 13.4. The van der Waals surface area contributed by atoms with Crippen LogP contribution in [0.15, 0.2) is 11.8 Å². The highest BCUT2D eigenvalue weighted by atomic mass is 16.7. The largest absolute Gasteiger partial charge is 0.463 e. The van der Waals surface area contributed by atoms with Crippen LogP contribution in [0, 0.1) is 5.41 Å². The summed E-state index contributed by atoms with van der Waals surface area (Å²) in [6.45, 7) is 12.5. The van der Waals surface area contributed by atoms with Crippen molar-refractivity contribution in [2.45, 2.75) is 53.1 Å². The summed E-state index contributed by atoms with van der Waals surface area (Å²) in [5.74, 6) is -0.145. The first kappa shape index (κ1) is 14.0. The van der Waals surface area contributed by atoms with Gasteiger partial charge in [0.25, 0.3) is 0 Å². The summed E-state index contributed by atoms with van der Waals surface area (Å²) in [6, 6.07) is 0.0524. The predicted octanol–water partition coefficient (Wildman–Crippen LogP) is 2.50. The molecule has 4 heteroatoms. The number of hydroxylamine groups is 2. The lowest BCUT2D eigenvalue weighted by molar-refractivity contribution is -0.200. The van der Waals surface area contributed by atoms with Crippen LogP contribution in [0.1, 0.15) is 41.5 Å². The number of carbonyl (C=O) groups is 1. The van der Waals surface area contributed by atoms with E-state index in [1.165, 1.54) is 7.11 Å². The van der Waals surface area contributed by atoms with Crippen molar-refractivity contribution in [3.63, 3.8) is 0 Å². The van der Waals surface area contributed by atoms with E-state index in [9.17, 15) is 4.79 Å². The molecule has 0 aromatic rings. The third kappa shape index (κ3) is 3.00. The minimum Gasteiger partial charge on any atom is -0.463 e. The molecule has 0 aromatic heterocycles. The van der Waals surface area contributed by atoms with Crippen LogP contribution in [0.2, 0.25) is 0 Å². The van der Waals surface area contributed by atoms with Crippen molar-refractivity contribution >= 4 is 5.97 Å². The van der Waals surface area contributed by atoms with E-state index in [0.717, 1.165) is 0 Å². The van der Waals surface area contributed by atoms with Gasteiger partial charge in [-0.2, -0.15) is 0 Å². The molecule has 0 saturated heterocycles. The van der Waals surface area contributed by atoms with Crippen molar-refractivity contribution in [1.29, 1.82) is 0 Å². The number of esters is 1. The summed E-state index contributed by atoms with van der Waals surface area (Å²) < 4.78 is 4.70. The second kappa shape index (κ2) is 4.33. The summed E-state index contributed by atoms with van der Waals surface area (Å²) >= 11 is 0. The second-order valence-electron chi connectivity index (χ2n) is 6.42. The first-order chi connectivity index (χ1) is 7.57. The van der Waals surface area contributed by atoms with Gasteiger partial charge in [0, 0.05) is 5.54 Å². The van der Waals surface area contributed by atoms with Crippen LogP contribution in [0.3, 0.4) is 0 Å². The van der Waals surface area contributed by atoms with Gasteiger partial charge in [0.05, 0.1) is 13.2 Å². The zero-order valence-corrected chi connectivity index (χ0v) is 11.8. The highest BCUT2D eigenvalue weighted by molar-refractivity contribution is 5.86. The van der Waals surface area contributed by atoms with E-state index in [4.69, 9.17) is 9.57 Å². The van der Waals surface area contributed by atoms with Crippen LogP contribution >= 0.6 is 0 Å². The molecule has 1 rings (SSSR count). The van der Waals surface area contributed by atoms with E-state index < -0.39 is 5.97 Å². The van der Waals surface area contributed by atoms with E-state index in [2.05, 4.69) is 41.5 Å². The second-order valence-corrected chi connectivity index (χ2v) is 6.42. The third-order valence-corrected chi connectivity index (χ3v) is 2.69. The van der Waals surface area contributed by atoms with Gasteiger partial charge < -0.3 is 9.57 Å². The topological polar surface area (TPSA) is 38.8 Å². The Labute approximate surface area is 104 Å². The Morgan fingerprint density at radius 3 is 2.12 bits per heavy atom. The fraction of sp³-hybridized carbons (Fsp3) is 0.769. The monoisotopic (exact) mass is 241 g/mol. The molecule has 17 heavy (non-hydrogen) atoms. The number of hydrogen-bond acceptors (Lipinski definition) is 4. The number of methoxy groups -OCH3 is 1. The summed E-state index contributed by atoms with van der Waals surface area (Å²) in [5, 5.41) is 1.86. The van der Waals surface area contributed by atoms with Gasteiger partial charge in [-0.25, -0.2) is 4.79 Å². The minimum absolute atomic E-state index is 0.0109. The van der Waals surface area contributed by atoms with Crippen LogP contribution in [0.5, 0.6) is 0 Å². The normalized spacial score (nSPS) is 22.1. The van der Waals surface area contributed by atoms with E-state index in [0.29, 0.717) is 0 Å². The molecule has 1 aliphatic rings. The van der Waals surface area contributed by atoms with Gasteiger partial charge in [0.15, 0.2) is 0 Å². The molecule has 0 aliphatic carbocycles. The van der Waals surface area contributed by atoms with Crippen molar-refractivity contribution in [2.75, 3.05) is 7.11 Å². The molecular weight excluding hydrogens is 218 g/mol. The molecular formula is C13H23NO3. The first-order valence-corrected chi connectivity index (χ1v) is 5.85. The van der Waals surface area contributed by atoms with Crippen molar-refractivity contribution in [2.24, 2.45) is 5.41 Å². The van der Waals surface area contributed by atoms with Crippen molar-refractivity contribution in [1.82, 2.24) is 5.06 Å². The molecule has 0 saturated carbocycles. The van der Waals surface area contributed by atoms with Gasteiger partial charge >= 0.3 is 5.97 Å². The number of carbonyl (C=O) groups excluding carboxylic acids is 1. The summed E-state index contributed by atoms with van der Waals surface area (Å²) in [6.07, 6.45) is 1.84. The zero-order valence-electron chi connectivity index (χ0n) is 11.8. The smallest absolute Gasteiger partial charge is 0.375 e. The molecule has 0 fully saturated rings. The van der Waals surface area contributed by atoms with Crippen LogP contribution in [0.4, 0.5) is 0 Å². The Bertz CT molecular complexity index is 334. The molecule has 0 spiro atoms. The molecule has 1 atom stereocenters. The lowest BCUT2D eigenvalue weighted by Crippen LogP contribution is -2.49. The average Bonchev–Trinajstić information content (AvgIpc) is 2.59. The van der Waals surface area contributed by atoms with E-state index in [1.54, 1.807) is 0 Å². The van der Waals surface area contributed by atoms with Gasteiger partial charge in [-0.05, 0) is 32.3 Å². The number of hydrogen-bond donors (Lipinski definition) is 0. The Hall–Kier alpha value is -1.03. The summed E-state index contributed by atoms with van der Waals surface area (Å²) in [4.78, 5) is 17.2. The fourth-order valence-corrected chi connectivity index (χ4v) is 1.77. The molecule has 1 aliphatic heterocycles. The average molecular weight is 241 g/mol. The highest BCUT2D eigenvalue weighted by Crippen LogP contribution is 2.36. The Kier molecular flexibility index (Phi) is 3.58. The van der Waals surface area contributed by atoms with Crippen molar-refractivity contribution < 1.29 is 14.4 Å². The number of ether oxygens (including phenoxy) is 1. The quantitative estimate of drug-likeness (QED) is 0.661. The maximum Gasteiger partial charge on any atom is 0.375 e.